The lowest BCUT2D eigenvalue weighted by molar-refractivity contribution is 0.505. The van der Waals surface area contributed by atoms with Gasteiger partial charge in [-0.3, -0.25) is 4.57 Å². The third-order valence-electron chi connectivity index (χ3n) is 11.4. The van der Waals surface area contributed by atoms with Gasteiger partial charge in [-0.05, 0) is 46.5 Å². The van der Waals surface area contributed by atoms with Gasteiger partial charge in [0.25, 0.3) is 0 Å². The maximum absolute atomic E-state index is 5.70. The van der Waals surface area contributed by atoms with Gasteiger partial charge >= 0.3 is 0 Å². The van der Waals surface area contributed by atoms with Crippen LogP contribution in [0.15, 0.2) is 167 Å². The van der Waals surface area contributed by atoms with Crippen molar-refractivity contribution in [1.82, 2.24) is 15.2 Å². The van der Waals surface area contributed by atoms with Crippen molar-refractivity contribution in [2.45, 2.75) is 28.3 Å². The van der Waals surface area contributed by atoms with Crippen molar-refractivity contribution < 1.29 is 0 Å². The number of aliphatic imine (C=N–C) groups is 2. The van der Waals surface area contributed by atoms with Gasteiger partial charge in [-0.25, -0.2) is 9.98 Å². The molecular weight excluding hydrogens is 655 g/mol. The Morgan fingerprint density at radius 3 is 2.40 bits per heavy atom. The number of hydrogen-bond donors (Lipinski definition) is 2. The van der Waals surface area contributed by atoms with Crippen molar-refractivity contribution in [3.8, 4) is 11.1 Å². The highest BCUT2D eigenvalue weighted by Gasteiger charge is 2.43. The molecule has 5 nitrogen and oxygen atoms in total. The first kappa shape index (κ1) is 28.6. The van der Waals surface area contributed by atoms with Crippen LogP contribution in [0.3, 0.4) is 0 Å². The molecule has 4 heterocycles. The first-order valence-corrected chi connectivity index (χ1v) is 18.9. The van der Waals surface area contributed by atoms with E-state index < -0.39 is 0 Å². The van der Waals surface area contributed by atoms with Gasteiger partial charge in [-0.15, -0.1) is 11.8 Å². The lowest BCUT2D eigenvalue weighted by atomic mass is 9.92. The van der Waals surface area contributed by atoms with E-state index in [1.54, 1.807) is 0 Å². The van der Waals surface area contributed by atoms with E-state index in [0.29, 0.717) is 0 Å². The Bertz CT molecular complexity index is 2840. The number of nitrogens with one attached hydrogen (secondary N) is 2. The van der Waals surface area contributed by atoms with E-state index in [4.69, 9.17) is 9.98 Å². The molecule has 3 aliphatic heterocycles. The van der Waals surface area contributed by atoms with Crippen molar-refractivity contribution in [2.75, 3.05) is 0 Å². The molecule has 7 aromatic rings. The highest BCUT2D eigenvalue weighted by atomic mass is 32.2. The summed E-state index contributed by atoms with van der Waals surface area (Å²) in [4.78, 5) is 12.3. The van der Waals surface area contributed by atoms with E-state index in [9.17, 15) is 0 Å². The molecule has 6 heteroatoms. The van der Waals surface area contributed by atoms with Crippen LogP contribution in [0.1, 0.15) is 34.3 Å². The molecule has 0 bridgehead atoms. The minimum Gasteiger partial charge on any atom is -0.371 e. The number of rotatable bonds is 2. The monoisotopic (exact) mass is 685 g/mol. The predicted octanol–water partition coefficient (Wildman–Crippen LogP) is 10.1. The molecule has 4 atom stereocenters. The van der Waals surface area contributed by atoms with Crippen LogP contribution < -0.4 is 10.6 Å². The zero-order valence-electron chi connectivity index (χ0n) is 28.0. The van der Waals surface area contributed by atoms with Gasteiger partial charge in [0.15, 0.2) is 0 Å². The predicted molar refractivity (Wildman–Crippen MR) is 216 cm³/mol. The zero-order valence-corrected chi connectivity index (χ0v) is 28.8. The lowest BCUT2D eigenvalue weighted by Gasteiger charge is -2.34. The Morgan fingerprint density at radius 1 is 0.673 bits per heavy atom. The van der Waals surface area contributed by atoms with Crippen LogP contribution in [0.5, 0.6) is 0 Å². The second kappa shape index (κ2) is 10.7. The molecule has 6 aromatic carbocycles. The smallest absolute Gasteiger partial charge is 0.204 e. The third kappa shape index (κ3) is 3.95. The largest absolute Gasteiger partial charge is 0.371 e. The average Bonchev–Trinajstić information content (AvgIpc) is 3.86. The van der Waals surface area contributed by atoms with Crippen LogP contribution in [0.25, 0.3) is 55.1 Å². The second-order valence-electron chi connectivity index (χ2n) is 14.2. The Labute approximate surface area is 304 Å². The maximum atomic E-state index is 5.70. The maximum Gasteiger partial charge on any atom is 0.204 e. The molecule has 5 aliphatic rings. The van der Waals surface area contributed by atoms with E-state index >= 15 is 0 Å². The first-order valence-electron chi connectivity index (χ1n) is 18.0. The van der Waals surface area contributed by atoms with Gasteiger partial charge in [0.2, 0.25) is 5.96 Å². The summed E-state index contributed by atoms with van der Waals surface area (Å²) in [6, 6.07) is 46.6. The number of thioether (sulfide) groups is 1. The standard InChI is InChI=1S/C46H31N5S/c1-2-11-26(12-3-1)27-21-23-28(24-22-27)40-45-43(30-14-5-9-20-38(30)52-45)50-46(49-40)51-37-19-8-4-13-29(37)33-25-34-39-31(15-10-16-32(39)44(33)51)41-42(34)48-36-18-7-6-17-35(36)47-41/h1-25,35,40,43,45,47H,(H,49,50). The normalized spacial score (nSPS) is 22.1. The molecule has 0 saturated carbocycles. The van der Waals surface area contributed by atoms with Crippen LogP contribution in [-0.4, -0.2) is 27.5 Å². The molecule has 2 aliphatic carbocycles. The summed E-state index contributed by atoms with van der Waals surface area (Å²) in [6.45, 7) is 0. The zero-order chi connectivity index (χ0) is 33.9. The molecule has 1 aromatic heterocycles. The summed E-state index contributed by atoms with van der Waals surface area (Å²) >= 11 is 1.95. The van der Waals surface area contributed by atoms with E-state index in [0.717, 1.165) is 28.6 Å². The van der Waals surface area contributed by atoms with E-state index in [1.165, 1.54) is 65.3 Å². The molecule has 12 rings (SSSR count). The number of para-hydroxylation sites is 1. The molecule has 52 heavy (non-hydrogen) atoms. The third-order valence-corrected chi connectivity index (χ3v) is 12.8. The van der Waals surface area contributed by atoms with Crippen molar-refractivity contribution in [3.63, 3.8) is 0 Å². The summed E-state index contributed by atoms with van der Waals surface area (Å²) in [5.41, 5.74) is 12.9. The van der Waals surface area contributed by atoms with Crippen molar-refractivity contribution in [2.24, 2.45) is 9.98 Å². The summed E-state index contributed by atoms with van der Waals surface area (Å²) in [5, 5.41) is 12.9. The molecule has 0 saturated heterocycles. The van der Waals surface area contributed by atoms with Gasteiger partial charge < -0.3 is 10.6 Å². The van der Waals surface area contributed by atoms with Crippen LogP contribution in [0.2, 0.25) is 0 Å². The van der Waals surface area contributed by atoms with Gasteiger partial charge in [-0.2, -0.15) is 0 Å². The van der Waals surface area contributed by atoms with Crippen molar-refractivity contribution >= 4 is 67.4 Å². The number of fused-ring (bicyclic) bond motifs is 10. The van der Waals surface area contributed by atoms with E-state index in [1.807, 2.05) is 11.8 Å². The van der Waals surface area contributed by atoms with Gasteiger partial charge in [0, 0.05) is 37.6 Å². The van der Waals surface area contributed by atoms with Gasteiger partial charge in [0.1, 0.15) is 0 Å². The van der Waals surface area contributed by atoms with Crippen molar-refractivity contribution in [3.05, 3.63) is 174 Å². The van der Waals surface area contributed by atoms with Crippen LogP contribution in [-0.2, 0) is 0 Å². The number of benzene rings is 6. The molecule has 2 N–H and O–H groups in total. The SMILES string of the molecule is C1=CC2=NC3=C(NC2C=C1)c1cccc2c1c3cc1c3ccccc3n(C3=NC(c4ccc(-c5ccccc5)cc4)C4Sc5ccccc5C4N3)c21. The highest BCUT2D eigenvalue weighted by molar-refractivity contribution is 8.00. The minimum atomic E-state index is -0.0464. The Morgan fingerprint density at radius 2 is 1.48 bits per heavy atom. The fourth-order valence-corrected chi connectivity index (χ4v) is 10.5. The van der Waals surface area contributed by atoms with Crippen LogP contribution >= 0.6 is 11.8 Å². The first-order chi connectivity index (χ1) is 25.8. The Balaban J connectivity index is 1.08. The number of aromatic nitrogens is 1. The molecule has 0 fully saturated rings. The van der Waals surface area contributed by atoms with Crippen molar-refractivity contribution in [1.29, 1.82) is 0 Å². The van der Waals surface area contributed by atoms with E-state index in [-0.39, 0.29) is 23.4 Å². The van der Waals surface area contributed by atoms with Crippen LogP contribution in [0, 0.1) is 0 Å². The fourth-order valence-electron chi connectivity index (χ4n) is 9.03. The van der Waals surface area contributed by atoms with Crippen LogP contribution in [0.4, 0.5) is 0 Å². The molecule has 0 amide bonds. The second-order valence-corrected chi connectivity index (χ2v) is 15.4. The molecule has 0 spiro atoms. The fraction of sp³-hybridized carbons (Fsp3) is 0.0870. The minimum absolute atomic E-state index is 0.0464. The summed E-state index contributed by atoms with van der Waals surface area (Å²) in [7, 11) is 0. The summed E-state index contributed by atoms with van der Waals surface area (Å²) < 4.78 is 2.41. The highest BCUT2D eigenvalue weighted by Crippen LogP contribution is 2.53. The molecule has 4 unspecified atom stereocenters. The number of nitrogens with zero attached hydrogens (tertiary/aromatic N) is 3. The molecule has 246 valence electrons. The van der Waals surface area contributed by atoms with Gasteiger partial charge in [-0.1, -0.05) is 127 Å². The summed E-state index contributed by atoms with van der Waals surface area (Å²) in [6.07, 6.45) is 8.49. The quantitative estimate of drug-likeness (QED) is 0.191. The summed E-state index contributed by atoms with van der Waals surface area (Å²) in [5.74, 6) is 0.887. The average molecular weight is 686 g/mol. The van der Waals surface area contributed by atoms with E-state index in [2.05, 4.69) is 167 Å². The topological polar surface area (TPSA) is 53.7 Å². The lowest BCUT2D eigenvalue weighted by Crippen LogP contribution is -2.43. The molecular formula is C46H31N5S. The van der Waals surface area contributed by atoms with Gasteiger partial charge in [0.05, 0.1) is 51.5 Å². The number of allylic oxidation sites excluding steroid dienone is 2. The Hall–Kier alpha value is -6.11. The number of hydrogen-bond acceptors (Lipinski definition) is 5. The molecule has 0 radical (unpaired) electrons. The Kier molecular flexibility index (Phi) is 5.88.